The minimum absolute atomic E-state index is 0.0473. The second-order valence-electron chi connectivity index (χ2n) is 4.93. The molecule has 0 aromatic heterocycles. The van der Waals surface area contributed by atoms with Crippen LogP contribution in [0.15, 0.2) is 18.2 Å². The zero-order valence-electron chi connectivity index (χ0n) is 11.6. The largest absolute Gasteiger partial charge is 0.384 e. The number of hydrogen-bond acceptors (Lipinski definition) is 3. The van der Waals surface area contributed by atoms with E-state index in [-0.39, 0.29) is 12.5 Å². The molecule has 2 N–H and O–H groups in total. The van der Waals surface area contributed by atoms with Gasteiger partial charge in [0, 0.05) is 17.7 Å². The molecular formula is C16H19NO2S. The molecule has 3 nitrogen and oxygen atoms in total. The number of carbonyl (C=O) groups excluding carboxylic acids is 1. The van der Waals surface area contributed by atoms with Crippen molar-refractivity contribution >= 4 is 17.7 Å². The molecule has 1 heterocycles. The first-order valence-electron chi connectivity index (χ1n) is 6.77. The summed E-state index contributed by atoms with van der Waals surface area (Å²) < 4.78 is 0. The minimum atomic E-state index is -0.171. The number of hydrogen-bond donors (Lipinski definition) is 2. The van der Waals surface area contributed by atoms with E-state index in [0.717, 1.165) is 23.4 Å². The number of thioether (sulfide) groups is 1. The van der Waals surface area contributed by atoms with Crippen molar-refractivity contribution in [3.8, 4) is 11.8 Å². The summed E-state index contributed by atoms with van der Waals surface area (Å²) in [5.41, 5.74) is 2.43. The fourth-order valence-electron chi connectivity index (χ4n) is 2.12. The van der Waals surface area contributed by atoms with Crippen LogP contribution >= 0.6 is 11.8 Å². The molecule has 1 aromatic rings. The van der Waals surface area contributed by atoms with E-state index in [4.69, 9.17) is 5.11 Å². The van der Waals surface area contributed by atoms with Crippen LogP contribution in [0.25, 0.3) is 0 Å². The maximum absolute atomic E-state index is 12.1. The van der Waals surface area contributed by atoms with Gasteiger partial charge in [0.25, 0.3) is 5.91 Å². The summed E-state index contributed by atoms with van der Waals surface area (Å²) in [6.45, 7) is 2.52. The summed E-state index contributed by atoms with van der Waals surface area (Å²) in [4.78, 5) is 12.1. The number of nitrogens with one attached hydrogen (secondary N) is 1. The van der Waals surface area contributed by atoms with Gasteiger partial charge in [-0.2, -0.15) is 11.8 Å². The normalized spacial score (nSPS) is 17.4. The number of aryl methyl sites for hydroxylation is 1. The molecule has 1 atom stereocenters. The van der Waals surface area contributed by atoms with Crippen LogP contribution in [0.1, 0.15) is 27.9 Å². The average Bonchev–Trinajstić information content (AvgIpc) is 2.97. The Morgan fingerprint density at radius 2 is 2.40 bits per heavy atom. The van der Waals surface area contributed by atoms with Crippen molar-refractivity contribution < 1.29 is 9.90 Å². The number of benzene rings is 1. The van der Waals surface area contributed by atoms with Crippen LogP contribution in [0, 0.1) is 24.7 Å². The Bertz CT molecular complexity index is 539. The van der Waals surface area contributed by atoms with E-state index >= 15 is 0 Å². The Hall–Kier alpha value is -1.44. The summed E-state index contributed by atoms with van der Waals surface area (Å²) in [7, 11) is 0. The third kappa shape index (κ3) is 4.03. The summed E-state index contributed by atoms with van der Waals surface area (Å²) in [6.07, 6.45) is 1.19. The number of carbonyl (C=O) groups is 1. The van der Waals surface area contributed by atoms with Gasteiger partial charge in [0.2, 0.25) is 0 Å². The smallest absolute Gasteiger partial charge is 0.251 e. The molecule has 0 aliphatic carbocycles. The summed E-state index contributed by atoms with van der Waals surface area (Å²) in [5.74, 6) is 8.38. The molecule has 0 radical (unpaired) electrons. The molecule has 1 aromatic carbocycles. The topological polar surface area (TPSA) is 49.3 Å². The zero-order chi connectivity index (χ0) is 14.4. The molecule has 1 aliphatic rings. The Morgan fingerprint density at radius 3 is 3.10 bits per heavy atom. The quantitative estimate of drug-likeness (QED) is 0.835. The first-order valence-corrected chi connectivity index (χ1v) is 7.92. The highest BCUT2D eigenvalue weighted by atomic mass is 32.2. The lowest BCUT2D eigenvalue weighted by molar-refractivity contribution is 0.0948. The Balaban J connectivity index is 2.01. The molecule has 1 saturated heterocycles. The number of aliphatic hydroxyl groups is 1. The van der Waals surface area contributed by atoms with Crippen LogP contribution in [0.5, 0.6) is 0 Å². The summed E-state index contributed by atoms with van der Waals surface area (Å²) >= 11 is 1.95. The van der Waals surface area contributed by atoms with Gasteiger partial charge in [0.15, 0.2) is 0 Å². The van der Waals surface area contributed by atoms with Gasteiger partial charge in [0.05, 0.1) is 0 Å². The number of amides is 1. The second-order valence-corrected chi connectivity index (χ2v) is 6.08. The van der Waals surface area contributed by atoms with Crippen molar-refractivity contribution in [1.29, 1.82) is 0 Å². The lowest BCUT2D eigenvalue weighted by Crippen LogP contribution is -2.29. The molecule has 1 amide bonds. The van der Waals surface area contributed by atoms with Gasteiger partial charge in [0.1, 0.15) is 6.61 Å². The van der Waals surface area contributed by atoms with Gasteiger partial charge in [-0.05, 0) is 48.5 Å². The van der Waals surface area contributed by atoms with Crippen LogP contribution < -0.4 is 5.32 Å². The van der Waals surface area contributed by atoms with E-state index in [1.165, 1.54) is 12.2 Å². The predicted molar refractivity (Wildman–Crippen MR) is 82.9 cm³/mol. The molecule has 4 heteroatoms. The first kappa shape index (κ1) is 15.0. The third-order valence-electron chi connectivity index (χ3n) is 3.38. The van der Waals surface area contributed by atoms with E-state index in [0.29, 0.717) is 11.5 Å². The predicted octanol–water partition coefficient (Wildman–Crippen LogP) is 1.82. The lowest BCUT2D eigenvalue weighted by atomic mass is 10.0. The van der Waals surface area contributed by atoms with E-state index in [1.807, 2.05) is 30.8 Å². The maximum Gasteiger partial charge on any atom is 0.251 e. The molecule has 0 spiro atoms. The van der Waals surface area contributed by atoms with E-state index in [1.54, 1.807) is 6.07 Å². The van der Waals surface area contributed by atoms with Crippen molar-refractivity contribution in [2.45, 2.75) is 13.3 Å². The molecule has 1 unspecified atom stereocenters. The fourth-order valence-corrected chi connectivity index (χ4v) is 3.40. The molecule has 2 rings (SSSR count). The van der Waals surface area contributed by atoms with E-state index in [9.17, 15) is 4.79 Å². The van der Waals surface area contributed by atoms with Crippen LogP contribution in [-0.2, 0) is 0 Å². The molecule has 106 valence electrons. The maximum atomic E-state index is 12.1. The van der Waals surface area contributed by atoms with Gasteiger partial charge in [-0.15, -0.1) is 0 Å². The molecule has 1 fully saturated rings. The van der Waals surface area contributed by atoms with Crippen molar-refractivity contribution in [2.24, 2.45) is 5.92 Å². The fraction of sp³-hybridized carbons (Fsp3) is 0.438. The highest BCUT2D eigenvalue weighted by Crippen LogP contribution is 2.22. The van der Waals surface area contributed by atoms with Crippen molar-refractivity contribution in [3.63, 3.8) is 0 Å². The first-order chi connectivity index (χ1) is 9.70. The van der Waals surface area contributed by atoms with E-state index in [2.05, 4.69) is 17.2 Å². The second kappa shape index (κ2) is 7.37. The van der Waals surface area contributed by atoms with Crippen LogP contribution in [0.4, 0.5) is 0 Å². The average molecular weight is 289 g/mol. The Kier molecular flexibility index (Phi) is 5.51. The van der Waals surface area contributed by atoms with Crippen LogP contribution in [0.2, 0.25) is 0 Å². The summed E-state index contributed by atoms with van der Waals surface area (Å²) in [5, 5.41) is 11.7. The molecular weight excluding hydrogens is 270 g/mol. The molecule has 0 saturated carbocycles. The van der Waals surface area contributed by atoms with E-state index < -0.39 is 0 Å². The zero-order valence-corrected chi connectivity index (χ0v) is 12.4. The number of rotatable bonds is 3. The van der Waals surface area contributed by atoms with Gasteiger partial charge in [-0.1, -0.05) is 17.9 Å². The molecule has 0 bridgehead atoms. The Labute approximate surface area is 124 Å². The molecule has 20 heavy (non-hydrogen) atoms. The van der Waals surface area contributed by atoms with Gasteiger partial charge < -0.3 is 10.4 Å². The van der Waals surface area contributed by atoms with Crippen LogP contribution in [-0.4, -0.2) is 35.7 Å². The minimum Gasteiger partial charge on any atom is -0.384 e. The van der Waals surface area contributed by atoms with Crippen molar-refractivity contribution in [2.75, 3.05) is 24.7 Å². The standard InChI is InChI=1S/C16H19NO2S/c1-12-4-5-15(9-14(12)3-2-7-18)16(19)17-10-13-6-8-20-11-13/h4-5,9,13,18H,6-8,10-11H2,1H3,(H,17,19). The number of aliphatic hydroxyl groups excluding tert-OH is 1. The molecule has 1 aliphatic heterocycles. The van der Waals surface area contributed by atoms with Gasteiger partial charge in [-0.25, -0.2) is 0 Å². The SMILES string of the molecule is Cc1ccc(C(=O)NCC2CCSC2)cc1C#CCO. The highest BCUT2D eigenvalue weighted by Gasteiger charge is 2.16. The van der Waals surface area contributed by atoms with Gasteiger partial charge >= 0.3 is 0 Å². The van der Waals surface area contributed by atoms with Crippen molar-refractivity contribution in [1.82, 2.24) is 5.32 Å². The van der Waals surface area contributed by atoms with Crippen LogP contribution in [0.3, 0.4) is 0 Å². The van der Waals surface area contributed by atoms with Crippen molar-refractivity contribution in [3.05, 3.63) is 34.9 Å². The summed E-state index contributed by atoms with van der Waals surface area (Å²) in [6, 6.07) is 5.50. The monoisotopic (exact) mass is 289 g/mol. The third-order valence-corrected chi connectivity index (χ3v) is 4.61. The Morgan fingerprint density at radius 1 is 1.55 bits per heavy atom. The lowest BCUT2D eigenvalue weighted by Gasteiger charge is -2.10. The van der Waals surface area contributed by atoms with Gasteiger partial charge in [-0.3, -0.25) is 4.79 Å². The highest BCUT2D eigenvalue weighted by molar-refractivity contribution is 7.99.